The van der Waals surface area contributed by atoms with Crippen LogP contribution < -0.4 is 10.9 Å². The molecule has 3 nitrogen and oxygen atoms in total. The van der Waals surface area contributed by atoms with E-state index in [0.717, 1.165) is 4.47 Å². The Hall–Kier alpha value is -0.450. The number of aromatic nitrogens is 1. The van der Waals surface area contributed by atoms with Gasteiger partial charge in [0, 0.05) is 22.9 Å². The molecule has 3 atom stereocenters. The van der Waals surface area contributed by atoms with Crippen LogP contribution in [0.3, 0.4) is 0 Å². The number of pyridine rings is 1. The van der Waals surface area contributed by atoms with Crippen LogP contribution in [0.25, 0.3) is 0 Å². The molecule has 4 heteroatoms. The highest BCUT2D eigenvalue weighted by Crippen LogP contribution is 2.28. The molecular weight excluding hydrogens is 242 g/mol. The number of nitrogens with one attached hydrogen (secondary N) is 2. The molecule has 0 aliphatic carbocycles. The van der Waals surface area contributed by atoms with E-state index in [2.05, 4.69) is 51.7 Å². The monoisotopic (exact) mass is 255 g/mol. The largest absolute Gasteiger partial charge is 0.263 e. The van der Waals surface area contributed by atoms with Crippen LogP contribution >= 0.6 is 15.9 Å². The van der Waals surface area contributed by atoms with E-state index in [1.165, 1.54) is 5.56 Å². The number of nitrogens with zero attached hydrogens (tertiary/aromatic N) is 1. The Balaban J connectivity index is 2.23. The number of halogens is 1. The average molecular weight is 256 g/mol. The molecule has 1 aliphatic rings. The standard InChI is InChI=1S/C10H14BrN3/c1-6-7(2)13-14-10(6)8-3-9(11)5-12-4-8/h3-7,10,13-14H,1-2H3. The van der Waals surface area contributed by atoms with Crippen molar-refractivity contribution in [1.82, 2.24) is 15.8 Å². The first kappa shape index (κ1) is 10.1. The van der Waals surface area contributed by atoms with E-state index < -0.39 is 0 Å². The van der Waals surface area contributed by atoms with Gasteiger partial charge in [-0.3, -0.25) is 10.4 Å². The van der Waals surface area contributed by atoms with Crippen LogP contribution in [-0.4, -0.2) is 11.0 Å². The maximum Gasteiger partial charge on any atom is 0.0518 e. The van der Waals surface area contributed by atoms with Crippen molar-refractivity contribution in [3.05, 3.63) is 28.5 Å². The maximum absolute atomic E-state index is 4.17. The lowest BCUT2D eigenvalue weighted by molar-refractivity contribution is 0.474. The lowest BCUT2D eigenvalue weighted by Crippen LogP contribution is -2.29. The minimum Gasteiger partial charge on any atom is -0.263 e. The highest BCUT2D eigenvalue weighted by Gasteiger charge is 2.30. The number of hydrogen-bond acceptors (Lipinski definition) is 3. The Kier molecular flexibility index (Phi) is 2.85. The van der Waals surface area contributed by atoms with E-state index in [4.69, 9.17) is 0 Å². The third-order valence-corrected chi connectivity index (χ3v) is 3.30. The summed E-state index contributed by atoms with van der Waals surface area (Å²) >= 11 is 3.43. The Labute approximate surface area is 92.4 Å². The highest BCUT2D eigenvalue weighted by atomic mass is 79.9. The van der Waals surface area contributed by atoms with Crippen LogP contribution in [0.5, 0.6) is 0 Å². The minimum absolute atomic E-state index is 0.356. The van der Waals surface area contributed by atoms with Crippen molar-refractivity contribution >= 4 is 15.9 Å². The second kappa shape index (κ2) is 3.96. The fourth-order valence-electron chi connectivity index (χ4n) is 1.76. The second-order valence-corrected chi connectivity index (χ2v) is 4.77. The Bertz CT molecular complexity index is 329. The molecule has 1 fully saturated rings. The van der Waals surface area contributed by atoms with Crippen molar-refractivity contribution in [1.29, 1.82) is 0 Å². The van der Waals surface area contributed by atoms with E-state index in [1.807, 2.05) is 6.20 Å². The summed E-state index contributed by atoms with van der Waals surface area (Å²) < 4.78 is 1.03. The van der Waals surface area contributed by atoms with Gasteiger partial charge in [-0.25, -0.2) is 5.43 Å². The van der Waals surface area contributed by atoms with Gasteiger partial charge < -0.3 is 0 Å². The normalized spacial score (nSPS) is 32.1. The molecule has 14 heavy (non-hydrogen) atoms. The molecule has 2 heterocycles. The summed E-state index contributed by atoms with van der Waals surface area (Å²) in [5.74, 6) is 0.575. The zero-order valence-corrected chi connectivity index (χ0v) is 9.88. The molecule has 1 saturated heterocycles. The van der Waals surface area contributed by atoms with Crippen LogP contribution in [0.4, 0.5) is 0 Å². The van der Waals surface area contributed by atoms with Crippen molar-refractivity contribution in [2.75, 3.05) is 0 Å². The van der Waals surface area contributed by atoms with Crippen LogP contribution in [0.15, 0.2) is 22.9 Å². The SMILES string of the molecule is CC1NNC(c2cncc(Br)c2)C1C. The fourth-order valence-corrected chi connectivity index (χ4v) is 2.14. The summed E-state index contributed by atoms with van der Waals surface area (Å²) in [7, 11) is 0. The third-order valence-electron chi connectivity index (χ3n) is 2.87. The molecule has 2 N–H and O–H groups in total. The first-order chi connectivity index (χ1) is 6.68. The fraction of sp³-hybridized carbons (Fsp3) is 0.500. The lowest BCUT2D eigenvalue weighted by atomic mass is 9.93. The molecule has 0 bridgehead atoms. The summed E-state index contributed by atoms with van der Waals surface area (Å²) in [5, 5.41) is 0. The molecule has 0 amide bonds. The van der Waals surface area contributed by atoms with Crippen molar-refractivity contribution in [2.24, 2.45) is 5.92 Å². The van der Waals surface area contributed by atoms with Gasteiger partial charge >= 0.3 is 0 Å². The summed E-state index contributed by atoms with van der Waals surface area (Å²) in [5.41, 5.74) is 7.76. The van der Waals surface area contributed by atoms with Gasteiger partial charge in [0.15, 0.2) is 0 Å². The van der Waals surface area contributed by atoms with Crippen molar-refractivity contribution < 1.29 is 0 Å². The molecule has 0 radical (unpaired) electrons. The Morgan fingerprint density at radius 2 is 2.07 bits per heavy atom. The van der Waals surface area contributed by atoms with Gasteiger partial charge in [0.25, 0.3) is 0 Å². The van der Waals surface area contributed by atoms with Gasteiger partial charge in [0.05, 0.1) is 6.04 Å². The van der Waals surface area contributed by atoms with Gasteiger partial charge in [-0.2, -0.15) is 0 Å². The predicted octanol–water partition coefficient (Wildman–Crippen LogP) is 2.02. The molecule has 0 saturated carbocycles. The number of hydrogen-bond donors (Lipinski definition) is 2. The van der Waals surface area contributed by atoms with Crippen LogP contribution in [0.1, 0.15) is 25.5 Å². The summed E-state index contributed by atoms with van der Waals surface area (Å²) in [4.78, 5) is 4.17. The summed E-state index contributed by atoms with van der Waals surface area (Å²) in [6, 6.07) is 2.97. The second-order valence-electron chi connectivity index (χ2n) is 3.85. The van der Waals surface area contributed by atoms with E-state index in [1.54, 1.807) is 6.20 Å². The van der Waals surface area contributed by atoms with E-state index in [-0.39, 0.29) is 0 Å². The Morgan fingerprint density at radius 3 is 2.64 bits per heavy atom. The first-order valence-electron chi connectivity index (χ1n) is 4.80. The molecule has 3 unspecified atom stereocenters. The zero-order chi connectivity index (χ0) is 10.1. The van der Waals surface area contributed by atoms with Crippen molar-refractivity contribution in [3.8, 4) is 0 Å². The predicted molar refractivity (Wildman–Crippen MR) is 59.6 cm³/mol. The molecule has 1 aliphatic heterocycles. The molecule has 1 aromatic rings. The quantitative estimate of drug-likeness (QED) is 0.807. The summed E-state index contributed by atoms with van der Waals surface area (Å²) in [6.45, 7) is 4.42. The van der Waals surface area contributed by atoms with Crippen molar-refractivity contribution in [2.45, 2.75) is 25.9 Å². The molecule has 0 spiro atoms. The molecule has 76 valence electrons. The summed E-state index contributed by atoms with van der Waals surface area (Å²) in [6.07, 6.45) is 3.72. The molecule has 1 aromatic heterocycles. The molecule has 2 rings (SSSR count). The van der Waals surface area contributed by atoms with Gasteiger partial charge in [0.1, 0.15) is 0 Å². The van der Waals surface area contributed by atoms with Crippen LogP contribution in [-0.2, 0) is 0 Å². The van der Waals surface area contributed by atoms with Crippen LogP contribution in [0.2, 0.25) is 0 Å². The van der Waals surface area contributed by atoms with E-state index in [9.17, 15) is 0 Å². The van der Waals surface area contributed by atoms with Gasteiger partial charge in [-0.15, -0.1) is 0 Å². The molecule has 0 aromatic carbocycles. The first-order valence-corrected chi connectivity index (χ1v) is 5.59. The number of rotatable bonds is 1. The maximum atomic E-state index is 4.17. The van der Waals surface area contributed by atoms with Gasteiger partial charge in [-0.05, 0) is 40.4 Å². The lowest BCUT2D eigenvalue weighted by Gasteiger charge is -2.16. The van der Waals surface area contributed by atoms with Gasteiger partial charge in [0.2, 0.25) is 0 Å². The van der Waals surface area contributed by atoms with E-state index >= 15 is 0 Å². The van der Waals surface area contributed by atoms with E-state index in [0.29, 0.717) is 18.0 Å². The smallest absolute Gasteiger partial charge is 0.0518 e. The number of hydrazine groups is 1. The highest BCUT2D eigenvalue weighted by molar-refractivity contribution is 9.10. The molecular formula is C10H14BrN3. The van der Waals surface area contributed by atoms with Crippen molar-refractivity contribution in [3.63, 3.8) is 0 Å². The average Bonchev–Trinajstić information content (AvgIpc) is 2.48. The van der Waals surface area contributed by atoms with Gasteiger partial charge in [-0.1, -0.05) is 6.92 Å². The Morgan fingerprint density at radius 1 is 1.29 bits per heavy atom. The topological polar surface area (TPSA) is 37.0 Å². The van der Waals surface area contributed by atoms with Crippen LogP contribution in [0, 0.1) is 5.92 Å². The third kappa shape index (κ3) is 1.82. The minimum atomic E-state index is 0.356. The zero-order valence-electron chi connectivity index (χ0n) is 8.29.